The topological polar surface area (TPSA) is 61.3 Å². The lowest BCUT2D eigenvalue weighted by Crippen LogP contribution is -2.10. The Morgan fingerprint density at radius 1 is 1.28 bits per heavy atom. The molecule has 0 bridgehead atoms. The lowest BCUT2D eigenvalue weighted by atomic mass is 9.87. The van der Waals surface area contributed by atoms with E-state index >= 15 is 0 Å². The van der Waals surface area contributed by atoms with Crippen LogP contribution >= 0.6 is 0 Å². The lowest BCUT2D eigenvalue weighted by molar-refractivity contribution is 0.289. The van der Waals surface area contributed by atoms with Crippen LogP contribution in [0.3, 0.4) is 0 Å². The fraction of sp³-hybridized carbons (Fsp3) is 0.357. The number of anilines is 1. The molecule has 96 valence electrons. The fourth-order valence-electron chi connectivity index (χ4n) is 1.61. The zero-order valence-electron chi connectivity index (χ0n) is 10.9. The van der Waals surface area contributed by atoms with Crippen molar-refractivity contribution >= 4 is 5.88 Å². The van der Waals surface area contributed by atoms with Crippen LogP contribution in [0.15, 0.2) is 34.9 Å². The maximum atomic E-state index is 5.66. The van der Waals surface area contributed by atoms with Crippen LogP contribution in [0.4, 0.5) is 5.88 Å². The molecule has 0 radical (unpaired) electrons. The van der Waals surface area contributed by atoms with E-state index in [4.69, 9.17) is 15.0 Å². The number of hydrogen-bond acceptors (Lipinski definition) is 4. The van der Waals surface area contributed by atoms with E-state index in [1.807, 2.05) is 18.2 Å². The summed E-state index contributed by atoms with van der Waals surface area (Å²) in [6, 6.07) is 9.73. The van der Waals surface area contributed by atoms with Crippen molar-refractivity contribution in [3.05, 3.63) is 41.6 Å². The second-order valence-electron chi connectivity index (χ2n) is 5.29. The van der Waals surface area contributed by atoms with Gasteiger partial charge in [0.05, 0.1) is 0 Å². The van der Waals surface area contributed by atoms with Crippen LogP contribution < -0.4 is 10.5 Å². The van der Waals surface area contributed by atoms with E-state index < -0.39 is 0 Å². The third kappa shape index (κ3) is 3.03. The molecule has 0 unspecified atom stereocenters. The molecule has 0 atom stereocenters. The van der Waals surface area contributed by atoms with E-state index in [2.05, 4.69) is 32.0 Å². The molecule has 1 aromatic carbocycles. The van der Waals surface area contributed by atoms with Crippen molar-refractivity contribution in [1.29, 1.82) is 0 Å². The van der Waals surface area contributed by atoms with Gasteiger partial charge in [-0.05, 0) is 23.1 Å². The molecule has 0 saturated heterocycles. The van der Waals surface area contributed by atoms with Crippen LogP contribution in [0, 0.1) is 0 Å². The third-order valence-electron chi connectivity index (χ3n) is 2.66. The summed E-state index contributed by atoms with van der Waals surface area (Å²) in [5.41, 5.74) is 7.48. The molecule has 4 heteroatoms. The molecule has 2 rings (SSSR count). The summed E-state index contributed by atoms with van der Waals surface area (Å²) >= 11 is 0. The number of ether oxygens (including phenoxy) is 1. The quantitative estimate of drug-likeness (QED) is 0.903. The van der Waals surface area contributed by atoms with E-state index in [-0.39, 0.29) is 5.41 Å². The summed E-state index contributed by atoms with van der Waals surface area (Å²) in [6.45, 7) is 6.87. The Bertz CT molecular complexity index is 527. The molecule has 0 fully saturated rings. The van der Waals surface area contributed by atoms with E-state index in [9.17, 15) is 0 Å². The van der Waals surface area contributed by atoms with Crippen LogP contribution in [-0.2, 0) is 12.0 Å². The lowest BCUT2D eigenvalue weighted by Gasteiger charge is -2.19. The van der Waals surface area contributed by atoms with Gasteiger partial charge in [-0.3, -0.25) is 0 Å². The Balaban J connectivity index is 2.06. The number of nitrogens with zero attached hydrogens (tertiary/aromatic N) is 1. The average molecular weight is 246 g/mol. The van der Waals surface area contributed by atoms with E-state index in [1.165, 1.54) is 5.56 Å². The average Bonchev–Trinajstić information content (AvgIpc) is 2.72. The Morgan fingerprint density at radius 2 is 2.06 bits per heavy atom. The Morgan fingerprint density at radius 3 is 2.67 bits per heavy atom. The molecule has 0 aliphatic rings. The number of nitrogens with two attached hydrogens (primary N) is 1. The van der Waals surface area contributed by atoms with Crippen molar-refractivity contribution in [2.24, 2.45) is 0 Å². The first-order valence-corrected chi connectivity index (χ1v) is 5.89. The minimum atomic E-state index is 0.109. The predicted molar refractivity (Wildman–Crippen MR) is 70.4 cm³/mol. The van der Waals surface area contributed by atoms with Crippen LogP contribution in [0.25, 0.3) is 0 Å². The first kappa shape index (κ1) is 12.5. The standard InChI is InChI=1S/C14H18N2O2/c1-14(2,3)10-5-4-6-12(7-10)17-9-11-8-13(15)18-16-11/h4-8H,9,15H2,1-3H3. The molecule has 1 heterocycles. The third-order valence-corrected chi connectivity index (χ3v) is 2.66. The van der Waals surface area contributed by atoms with E-state index in [0.29, 0.717) is 18.2 Å². The van der Waals surface area contributed by atoms with E-state index in [0.717, 1.165) is 5.75 Å². The minimum absolute atomic E-state index is 0.109. The fourth-order valence-corrected chi connectivity index (χ4v) is 1.61. The molecule has 2 aromatic rings. The van der Waals surface area contributed by atoms with Gasteiger partial charge in [-0.1, -0.05) is 38.1 Å². The highest BCUT2D eigenvalue weighted by Crippen LogP contribution is 2.25. The van der Waals surface area contributed by atoms with Gasteiger partial charge in [-0.15, -0.1) is 0 Å². The highest BCUT2D eigenvalue weighted by atomic mass is 16.5. The molecule has 0 spiro atoms. The highest BCUT2D eigenvalue weighted by molar-refractivity contribution is 5.33. The highest BCUT2D eigenvalue weighted by Gasteiger charge is 2.14. The molecular weight excluding hydrogens is 228 g/mol. The summed E-state index contributed by atoms with van der Waals surface area (Å²) in [6.07, 6.45) is 0. The Labute approximate surface area is 107 Å². The van der Waals surface area contributed by atoms with E-state index in [1.54, 1.807) is 6.07 Å². The first-order chi connectivity index (χ1) is 8.45. The van der Waals surface area contributed by atoms with Gasteiger partial charge in [0.25, 0.3) is 0 Å². The minimum Gasteiger partial charge on any atom is -0.487 e. The SMILES string of the molecule is CC(C)(C)c1cccc(OCc2cc(N)on2)c1. The molecule has 0 amide bonds. The summed E-state index contributed by atoms with van der Waals surface area (Å²) in [5, 5.41) is 3.78. The van der Waals surface area contributed by atoms with Gasteiger partial charge in [0.15, 0.2) is 0 Å². The van der Waals surface area contributed by atoms with Crippen molar-refractivity contribution in [2.75, 3.05) is 5.73 Å². The molecule has 1 aromatic heterocycles. The summed E-state index contributed by atoms with van der Waals surface area (Å²) in [4.78, 5) is 0. The maximum absolute atomic E-state index is 5.66. The molecule has 0 aliphatic carbocycles. The first-order valence-electron chi connectivity index (χ1n) is 5.89. The van der Waals surface area contributed by atoms with Gasteiger partial charge >= 0.3 is 0 Å². The summed E-state index contributed by atoms with van der Waals surface area (Å²) < 4.78 is 10.4. The predicted octanol–water partition coefficient (Wildman–Crippen LogP) is 3.13. The number of rotatable bonds is 3. The van der Waals surface area contributed by atoms with Crippen LogP contribution in [0.2, 0.25) is 0 Å². The monoisotopic (exact) mass is 246 g/mol. The second-order valence-corrected chi connectivity index (χ2v) is 5.29. The largest absolute Gasteiger partial charge is 0.487 e. The van der Waals surface area contributed by atoms with Gasteiger partial charge in [0.2, 0.25) is 5.88 Å². The molecule has 18 heavy (non-hydrogen) atoms. The molecule has 4 nitrogen and oxygen atoms in total. The van der Waals surface area contributed by atoms with Crippen molar-refractivity contribution in [3.8, 4) is 5.75 Å². The molecular formula is C14H18N2O2. The van der Waals surface area contributed by atoms with Crippen LogP contribution in [0.5, 0.6) is 5.75 Å². The molecule has 0 saturated carbocycles. The van der Waals surface area contributed by atoms with Crippen molar-refractivity contribution in [2.45, 2.75) is 32.8 Å². The van der Waals surface area contributed by atoms with Crippen molar-refractivity contribution < 1.29 is 9.26 Å². The van der Waals surface area contributed by atoms with Gasteiger partial charge in [-0.25, -0.2) is 0 Å². The zero-order chi connectivity index (χ0) is 13.2. The normalized spacial score (nSPS) is 11.5. The van der Waals surface area contributed by atoms with Crippen molar-refractivity contribution in [3.63, 3.8) is 0 Å². The van der Waals surface area contributed by atoms with Crippen LogP contribution in [-0.4, -0.2) is 5.16 Å². The van der Waals surface area contributed by atoms with Crippen molar-refractivity contribution in [1.82, 2.24) is 5.16 Å². The molecule has 0 aliphatic heterocycles. The second kappa shape index (κ2) is 4.72. The van der Waals surface area contributed by atoms with Gasteiger partial charge in [-0.2, -0.15) is 0 Å². The molecule has 2 N–H and O–H groups in total. The Kier molecular flexibility index (Phi) is 3.28. The summed E-state index contributed by atoms with van der Waals surface area (Å²) in [5.74, 6) is 1.13. The smallest absolute Gasteiger partial charge is 0.222 e. The number of aromatic nitrogens is 1. The van der Waals surface area contributed by atoms with Gasteiger partial charge < -0.3 is 15.0 Å². The maximum Gasteiger partial charge on any atom is 0.222 e. The number of hydrogen-bond donors (Lipinski definition) is 1. The number of benzene rings is 1. The number of nitrogen functional groups attached to an aromatic ring is 1. The van der Waals surface area contributed by atoms with Crippen LogP contribution in [0.1, 0.15) is 32.0 Å². The van der Waals surface area contributed by atoms with Gasteiger partial charge in [0, 0.05) is 6.07 Å². The zero-order valence-corrected chi connectivity index (χ0v) is 10.9. The Hall–Kier alpha value is -1.97. The van der Waals surface area contributed by atoms with Gasteiger partial charge in [0.1, 0.15) is 18.1 Å². The summed E-state index contributed by atoms with van der Waals surface area (Å²) in [7, 11) is 0.